The molecule has 0 aromatic heterocycles. The summed E-state index contributed by atoms with van der Waals surface area (Å²) in [5.74, 6) is -0.311. The van der Waals surface area contributed by atoms with Crippen LogP contribution in [0.4, 0.5) is 0 Å². The summed E-state index contributed by atoms with van der Waals surface area (Å²) in [6, 6.07) is 0. The fraction of sp³-hybridized carbons (Fsp3) is 0.875. The molecule has 1 unspecified atom stereocenters. The SMILES string of the molecule is CCSC1(C(=O)O)CN2C(=O)[C@H]([C@@H](C)O[Si](C)(C)C(C)(C)C)[C@H]2S1. The van der Waals surface area contributed by atoms with Crippen molar-refractivity contribution in [1.82, 2.24) is 4.90 Å². The summed E-state index contributed by atoms with van der Waals surface area (Å²) in [6.45, 7) is 15.1. The first-order valence-electron chi connectivity index (χ1n) is 8.40. The van der Waals surface area contributed by atoms with E-state index in [9.17, 15) is 14.7 Å². The molecule has 4 atom stereocenters. The molecule has 0 aromatic rings. The van der Waals surface area contributed by atoms with Gasteiger partial charge in [0, 0.05) is 0 Å². The number of nitrogens with zero attached hydrogens (tertiary/aromatic N) is 1. The van der Waals surface area contributed by atoms with Crippen LogP contribution < -0.4 is 0 Å². The van der Waals surface area contributed by atoms with Crippen LogP contribution in [0, 0.1) is 5.92 Å². The van der Waals surface area contributed by atoms with E-state index in [1.807, 2.05) is 13.8 Å². The van der Waals surface area contributed by atoms with Crippen LogP contribution in [0.5, 0.6) is 0 Å². The Morgan fingerprint density at radius 3 is 2.58 bits per heavy atom. The number of amides is 1. The molecule has 2 saturated heterocycles. The second-order valence-corrected chi connectivity index (χ2v) is 16.1. The van der Waals surface area contributed by atoms with E-state index in [0.717, 1.165) is 5.75 Å². The van der Waals surface area contributed by atoms with Crippen molar-refractivity contribution < 1.29 is 19.1 Å². The van der Waals surface area contributed by atoms with Crippen LogP contribution in [0.1, 0.15) is 34.6 Å². The zero-order valence-corrected chi connectivity index (χ0v) is 18.2. The van der Waals surface area contributed by atoms with Crippen LogP contribution in [0.3, 0.4) is 0 Å². The largest absolute Gasteiger partial charge is 0.480 e. The van der Waals surface area contributed by atoms with Crippen molar-refractivity contribution in [2.75, 3.05) is 12.3 Å². The Morgan fingerprint density at radius 2 is 2.12 bits per heavy atom. The van der Waals surface area contributed by atoms with E-state index in [0.29, 0.717) is 0 Å². The van der Waals surface area contributed by atoms with Crippen LogP contribution >= 0.6 is 23.5 Å². The topological polar surface area (TPSA) is 66.8 Å². The van der Waals surface area contributed by atoms with Gasteiger partial charge in [0.25, 0.3) is 0 Å². The highest BCUT2D eigenvalue weighted by Gasteiger charge is 2.63. The van der Waals surface area contributed by atoms with Gasteiger partial charge in [0.1, 0.15) is 0 Å². The van der Waals surface area contributed by atoms with Crippen LogP contribution in [-0.2, 0) is 14.0 Å². The van der Waals surface area contributed by atoms with E-state index < -0.39 is 18.4 Å². The first kappa shape index (κ1) is 20.1. The highest BCUT2D eigenvalue weighted by atomic mass is 32.2. The smallest absolute Gasteiger partial charge is 0.332 e. The molecule has 24 heavy (non-hydrogen) atoms. The van der Waals surface area contributed by atoms with Crippen molar-refractivity contribution in [2.45, 2.75) is 68.3 Å². The third-order valence-corrected chi connectivity index (χ3v) is 13.1. The van der Waals surface area contributed by atoms with Gasteiger partial charge in [-0.2, -0.15) is 0 Å². The molecule has 2 fully saturated rings. The zero-order chi connectivity index (χ0) is 18.5. The van der Waals surface area contributed by atoms with Gasteiger partial charge in [0.2, 0.25) is 5.91 Å². The Balaban J connectivity index is 2.13. The maximum atomic E-state index is 12.6. The second-order valence-electron chi connectivity index (χ2n) is 8.07. The molecule has 2 rings (SSSR count). The summed E-state index contributed by atoms with van der Waals surface area (Å²) >= 11 is 2.83. The average Bonchev–Trinajstić information content (AvgIpc) is 2.73. The molecule has 0 radical (unpaired) electrons. The number of fused-ring (bicyclic) bond motifs is 1. The predicted molar refractivity (Wildman–Crippen MR) is 103 cm³/mol. The second kappa shape index (κ2) is 6.52. The van der Waals surface area contributed by atoms with Crippen molar-refractivity contribution in [3.05, 3.63) is 0 Å². The molecule has 0 saturated carbocycles. The molecule has 0 bridgehead atoms. The number of carbonyl (C=O) groups excluding carboxylic acids is 1. The van der Waals surface area contributed by atoms with E-state index in [4.69, 9.17) is 4.43 Å². The Morgan fingerprint density at radius 1 is 1.54 bits per heavy atom. The molecule has 0 spiro atoms. The summed E-state index contributed by atoms with van der Waals surface area (Å²) < 4.78 is 5.47. The first-order valence-corrected chi connectivity index (χ1v) is 13.2. The average molecular weight is 392 g/mol. The van der Waals surface area contributed by atoms with E-state index in [-0.39, 0.29) is 34.9 Å². The van der Waals surface area contributed by atoms with Crippen LogP contribution in [0.15, 0.2) is 0 Å². The number of aliphatic carboxylic acids is 1. The van der Waals surface area contributed by atoms with Crippen molar-refractivity contribution in [1.29, 1.82) is 0 Å². The van der Waals surface area contributed by atoms with Crippen molar-refractivity contribution >= 4 is 43.7 Å². The first-order chi connectivity index (χ1) is 10.9. The van der Waals surface area contributed by atoms with E-state index in [1.165, 1.54) is 23.5 Å². The van der Waals surface area contributed by atoms with Crippen molar-refractivity contribution in [3.8, 4) is 0 Å². The molecule has 2 heterocycles. The summed E-state index contributed by atoms with van der Waals surface area (Å²) in [6.07, 6.45) is -0.177. The summed E-state index contributed by atoms with van der Waals surface area (Å²) in [4.78, 5) is 26.1. The molecule has 8 heteroatoms. The molecule has 2 aliphatic heterocycles. The standard InChI is InChI=1S/C16H29NO4S2Si/c1-8-22-16(14(19)20)9-17-12(18)11(13(17)23-16)10(2)21-24(6,7)15(3,4)5/h10-11,13H,8-9H2,1-7H3,(H,19,20)/t10-,11+,13-,16?/m1/s1. The van der Waals surface area contributed by atoms with Gasteiger partial charge in [-0.15, -0.1) is 23.5 Å². The summed E-state index contributed by atoms with van der Waals surface area (Å²) in [5, 5.41) is 9.66. The van der Waals surface area contributed by atoms with Crippen LogP contribution in [0.25, 0.3) is 0 Å². The van der Waals surface area contributed by atoms with E-state index in [1.54, 1.807) is 4.90 Å². The molecule has 1 amide bonds. The number of carboxylic acids is 1. The highest BCUT2D eigenvalue weighted by Crippen LogP contribution is 2.55. The summed E-state index contributed by atoms with van der Waals surface area (Å²) in [5.41, 5.74) is 0. The monoisotopic (exact) mass is 391 g/mol. The van der Waals surface area contributed by atoms with Gasteiger partial charge in [-0.25, -0.2) is 4.79 Å². The number of hydrogen-bond acceptors (Lipinski definition) is 5. The molecule has 138 valence electrons. The third-order valence-electron chi connectivity index (χ3n) is 5.37. The maximum absolute atomic E-state index is 12.6. The van der Waals surface area contributed by atoms with Crippen LogP contribution in [-0.4, -0.2) is 58.1 Å². The molecule has 5 nitrogen and oxygen atoms in total. The van der Waals surface area contributed by atoms with Gasteiger partial charge in [-0.3, -0.25) is 4.79 Å². The number of rotatable bonds is 6. The minimum Gasteiger partial charge on any atom is -0.480 e. The summed E-state index contributed by atoms with van der Waals surface area (Å²) in [7, 11) is -1.96. The molecule has 2 aliphatic rings. The number of thioether (sulfide) groups is 2. The van der Waals surface area contributed by atoms with E-state index >= 15 is 0 Å². The van der Waals surface area contributed by atoms with Gasteiger partial charge in [0.05, 0.1) is 23.9 Å². The number of β-lactam (4-membered cyclic amide) rings is 1. The number of hydrogen-bond donors (Lipinski definition) is 1. The van der Waals surface area contributed by atoms with Gasteiger partial charge in [0.15, 0.2) is 12.4 Å². The highest BCUT2D eigenvalue weighted by molar-refractivity contribution is 8.19. The lowest BCUT2D eigenvalue weighted by molar-refractivity contribution is -0.155. The Labute approximate surface area is 154 Å². The van der Waals surface area contributed by atoms with Crippen LogP contribution in [0.2, 0.25) is 18.1 Å². The molecule has 0 aliphatic carbocycles. The lowest BCUT2D eigenvalue weighted by atomic mass is 9.93. The molecular formula is C16H29NO4S2Si. The normalized spacial score (nSPS) is 31.6. The molecule has 0 aromatic carbocycles. The predicted octanol–water partition coefficient (Wildman–Crippen LogP) is 3.46. The Bertz CT molecular complexity index is 537. The Kier molecular flexibility index (Phi) is 5.47. The fourth-order valence-corrected chi connectivity index (χ4v) is 7.62. The third kappa shape index (κ3) is 3.26. The van der Waals surface area contributed by atoms with Gasteiger partial charge in [-0.1, -0.05) is 27.7 Å². The van der Waals surface area contributed by atoms with Gasteiger partial charge < -0.3 is 14.4 Å². The van der Waals surface area contributed by atoms with E-state index in [2.05, 4.69) is 33.9 Å². The minimum absolute atomic E-state index is 0.0403. The molecule has 1 N–H and O–H groups in total. The lowest BCUT2D eigenvalue weighted by Crippen LogP contribution is -2.62. The Hall–Kier alpha value is -0.183. The number of carbonyl (C=O) groups is 2. The molecular weight excluding hydrogens is 362 g/mol. The maximum Gasteiger partial charge on any atom is 0.332 e. The lowest BCUT2D eigenvalue weighted by Gasteiger charge is -2.47. The van der Waals surface area contributed by atoms with Gasteiger partial charge >= 0.3 is 5.97 Å². The van der Waals surface area contributed by atoms with Crippen molar-refractivity contribution in [2.24, 2.45) is 5.92 Å². The zero-order valence-electron chi connectivity index (χ0n) is 15.6. The number of carboxylic acid groups (broad SMARTS) is 1. The quantitative estimate of drug-likeness (QED) is 0.552. The van der Waals surface area contributed by atoms with Gasteiger partial charge in [-0.05, 0) is 30.8 Å². The fourth-order valence-electron chi connectivity index (χ4n) is 2.95. The minimum atomic E-state index is -1.96. The van der Waals surface area contributed by atoms with Crippen molar-refractivity contribution in [3.63, 3.8) is 0 Å².